The number of hydrogen-bond acceptors (Lipinski definition) is 5. The normalized spacial score (nSPS) is 12.6. The summed E-state index contributed by atoms with van der Waals surface area (Å²) in [6.07, 6.45) is -0.712. The van der Waals surface area contributed by atoms with Gasteiger partial charge in [0.15, 0.2) is 5.92 Å². The van der Waals surface area contributed by atoms with Gasteiger partial charge in [0, 0.05) is 0 Å². The molecule has 0 aromatic rings. The molecule has 1 unspecified atom stereocenters. The lowest BCUT2D eigenvalue weighted by atomic mass is 9.94. The topological polar surface area (TPSA) is 72.8 Å². The summed E-state index contributed by atoms with van der Waals surface area (Å²) in [6, 6.07) is 0. The van der Waals surface area contributed by atoms with Crippen molar-refractivity contribution in [1.29, 1.82) is 0 Å². The molecule has 5 nitrogen and oxygen atoms in total. The minimum Gasteiger partial charge on any atom is -0.465 e. The van der Waals surface area contributed by atoms with E-state index >= 15 is 0 Å². The molecule has 1 atom stereocenters. The van der Waals surface area contributed by atoms with Gasteiger partial charge in [-0.25, -0.2) is 0 Å². The summed E-state index contributed by atoms with van der Waals surface area (Å²) < 4.78 is 9.55. The highest BCUT2D eigenvalue weighted by molar-refractivity contribution is 5.95. The largest absolute Gasteiger partial charge is 0.465 e. The SMILES string of the molecule is CCOC(=O)C(C(=O)OCC)C(O)CC(C)C. The first-order valence-electron chi connectivity index (χ1n) is 5.95. The molecular formula is C12H22O5. The first kappa shape index (κ1) is 15.9. The van der Waals surface area contributed by atoms with Crippen LogP contribution in [0.5, 0.6) is 0 Å². The van der Waals surface area contributed by atoms with E-state index in [0.29, 0.717) is 6.42 Å². The van der Waals surface area contributed by atoms with Gasteiger partial charge in [0.2, 0.25) is 0 Å². The van der Waals surface area contributed by atoms with E-state index in [2.05, 4.69) is 0 Å². The summed E-state index contributed by atoms with van der Waals surface area (Å²) in [7, 11) is 0. The van der Waals surface area contributed by atoms with E-state index in [9.17, 15) is 14.7 Å². The van der Waals surface area contributed by atoms with Crippen molar-refractivity contribution >= 4 is 11.9 Å². The maximum absolute atomic E-state index is 11.6. The highest BCUT2D eigenvalue weighted by Crippen LogP contribution is 2.16. The van der Waals surface area contributed by atoms with Gasteiger partial charge in [-0.15, -0.1) is 0 Å². The Labute approximate surface area is 102 Å². The van der Waals surface area contributed by atoms with Crippen LogP contribution in [0.1, 0.15) is 34.1 Å². The second-order valence-electron chi connectivity index (χ2n) is 4.18. The van der Waals surface area contributed by atoms with Crippen molar-refractivity contribution < 1.29 is 24.2 Å². The van der Waals surface area contributed by atoms with E-state index in [0.717, 1.165) is 0 Å². The average Bonchev–Trinajstić information content (AvgIpc) is 2.17. The first-order valence-corrected chi connectivity index (χ1v) is 5.95. The van der Waals surface area contributed by atoms with Crippen LogP contribution in [0.4, 0.5) is 0 Å². The predicted octanol–water partition coefficient (Wildman–Crippen LogP) is 1.14. The Balaban J connectivity index is 4.70. The molecule has 5 heteroatoms. The van der Waals surface area contributed by atoms with Crippen LogP contribution >= 0.6 is 0 Å². The molecule has 0 heterocycles. The van der Waals surface area contributed by atoms with E-state index in [1.807, 2.05) is 13.8 Å². The van der Waals surface area contributed by atoms with E-state index in [4.69, 9.17) is 9.47 Å². The molecule has 0 bridgehead atoms. The molecule has 0 aliphatic heterocycles. The third-order valence-corrected chi connectivity index (χ3v) is 2.18. The maximum Gasteiger partial charge on any atom is 0.323 e. The smallest absolute Gasteiger partial charge is 0.323 e. The van der Waals surface area contributed by atoms with Gasteiger partial charge in [-0.05, 0) is 26.2 Å². The van der Waals surface area contributed by atoms with Crippen LogP contribution in [-0.2, 0) is 19.1 Å². The second kappa shape index (κ2) is 8.06. The Kier molecular flexibility index (Phi) is 7.54. The molecular weight excluding hydrogens is 224 g/mol. The van der Waals surface area contributed by atoms with E-state index in [1.165, 1.54) is 0 Å². The summed E-state index contributed by atoms with van der Waals surface area (Å²) in [5, 5.41) is 9.87. The number of carbonyl (C=O) groups excluding carboxylic acids is 2. The summed E-state index contributed by atoms with van der Waals surface area (Å²) in [4.78, 5) is 23.2. The minimum absolute atomic E-state index is 0.170. The van der Waals surface area contributed by atoms with Crippen LogP contribution in [0.2, 0.25) is 0 Å². The van der Waals surface area contributed by atoms with Gasteiger partial charge in [-0.1, -0.05) is 13.8 Å². The number of aliphatic hydroxyl groups is 1. The molecule has 1 N–H and O–H groups in total. The fraction of sp³-hybridized carbons (Fsp3) is 0.833. The average molecular weight is 246 g/mol. The molecule has 0 aromatic carbocycles. The maximum atomic E-state index is 11.6. The molecule has 0 aliphatic carbocycles. The number of ether oxygens (including phenoxy) is 2. The van der Waals surface area contributed by atoms with E-state index in [1.54, 1.807) is 13.8 Å². The molecule has 100 valence electrons. The predicted molar refractivity (Wildman–Crippen MR) is 62.2 cm³/mol. The highest BCUT2D eigenvalue weighted by Gasteiger charge is 2.36. The van der Waals surface area contributed by atoms with Crippen LogP contribution in [0, 0.1) is 11.8 Å². The van der Waals surface area contributed by atoms with Gasteiger partial charge in [-0.2, -0.15) is 0 Å². The summed E-state index contributed by atoms with van der Waals surface area (Å²) in [5.41, 5.74) is 0. The van der Waals surface area contributed by atoms with Crippen LogP contribution in [0.3, 0.4) is 0 Å². The van der Waals surface area contributed by atoms with Gasteiger partial charge in [0.25, 0.3) is 0 Å². The lowest BCUT2D eigenvalue weighted by molar-refractivity contribution is -0.167. The molecule has 0 amide bonds. The van der Waals surface area contributed by atoms with E-state index in [-0.39, 0.29) is 19.1 Å². The number of aliphatic hydroxyl groups excluding tert-OH is 1. The zero-order valence-electron chi connectivity index (χ0n) is 10.9. The Morgan fingerprint density at radius 1 is 1.06 bits per heavy atom. The molecule has 0 saturated heterocycles. The van der Waals surface area contributed by atoms with Crippen molar-refractivity contribution in [3.63, 3.8) is 0 Å². The highest BCUT2D eigenvalue weighted by atomic mass is 16.6. The Bertz CT molecular complexity index is 231. The van der Waals surface area contributed by atoms with Gasteiger partial charge in [-0.3, -0.25) is 9.59 Å². The third-order valence-electron chi connectivity index (χ3n) is 2.18. The monoisotopic (exact) mass is 246 g/mol. The lowest BCUT2D eigenvalue weighted by Crippen LogP contribution is -2.38. The van der Waals surface area contributed by atoms with Gasteiger partial charge >= 0.3 is 11.9 Å². The molecule has 0 fully saturated rings. The quantitative estimate of drug-likeness (QED) is 0.538. The number of rotatable bonds is 7. The van der Waals surface area contributed by atoms with Crippen molar-refractivity contribution in [1.82, 2.24) is 0 Å². The number of hydrogen-bond donors (Lipinski definition) is 1. The molecule has 17 heavy (non-hydrogen) atoms. The van der Waals surface area contributed by atoms with Gasteiger partial charge in [0.05, 0.1) is 19.3 Å². The van der Waals surface area contributed by atoms with Crippen molar-refractivity contribution in [2.45, 2.75) is 40.2 Å². The van der Waals surface area contributed by atoms with Crippen molar-refractivity contribution in [3.05, 3.63) is 0 Å². The molecule has 0 radical (unpaired) electrons. The molecule has 0 aliphatic rings. The fourth-order valence-corrected chi connectivity index (χ4v) is 1.49. The molecule has 0 aromatic heterocycles. The Morgan fingerprint density at radius 2 is 1.47 bits per heavy atom. The van der Waals surface area contributed by atoms with Crippen molar-refractivity contribution in [2.75, 3.05) is 13.2 Å². The number of carbonyl (C=O) groups is 2. The van der Waals surface area contributed by atoms with Crippen LogP contribution in [0.15, 0.2) is 0 Å². The van der Waals surface area contributed by atoms with E-state index < -0.39 is 24.0 Å². The van der Waals surface area contributed by atoms with Gasteiger partial charge < -0.3 is 14.6 Å². The summed E-state index contributed by atoms with van der Waals surface area (Å²) in [5.74, 6) is -2.51. The Hall–Kier alpha value is -1.10. The second-order valence-corrected chi connectivity index (χ2v) is 4.18. The standard InChI is InChI=1S/C12H22O5/c1-5-16-11(14)10(12(15)17-6-2)9(13)7-8(3)4/h8-10,13H,5-7H2,1-4H3. The van der Waals surface area contributed by atoms with Crippen molar-refractivity contribution in [3.8, 4) is 0 Å². The third kappa shape index (κ3) is 5.68. The zero-order valence-corrected chi connectivity index (χ0v) is 10.9. The molecule has 0 rings (SSSR count). The lowest BCUT2D eigenvalue weighted by Gasteiger charge is -2.21. The Morgan fingerprint density at radius 3 is 1.76 bits per heavy atom. The number of esters is 2. The van der Waals surface area contributed by atoms with Crippen LogP contribution in [-0.4, -0.2) is 36.4 Å². The van der Waals surface area contributed by atoms with Crippen molar-refractivity contribution in [2.24, 2.45) is 11.8 Å². The molecule has 0 spiro atoms. The fourth-order valence-electron chi connectivity index (χ4n) is 1.49. The zero-order chi connectivity index (χ0) is 13.4. The van der Waals surface area contributed by atoms with Crippen LogP contribution < -0.4 is 0 Å². The molecule has 0 saturated carbocycles. The van der Waals surface area contributed by atoms with Gasteiger partial charge in [0.1, 0.15) is 0 Å². The van der Waals surface area contributed by atoms with Crippen LogP contribution in [0.25, 0.3) is 0 Å². The first-order chi connectivity index (χ1) is 7.93. The minimum atomic E-state index is -1.24. The summed E-state index contributed by atoms with van der Waals surface area (Å²) in [6.45, 7) is 7.43. The summed E-state index contributed by atoms with van der Waals surface area (Å²) >= 11 is 0.